The number of carbonyl (C=O) groups is 1. The molecule has 1 aliphatic heterocycles. The molecule has 0 atom stereocenters. The summed E-state index contributed by atoms with van der Waals surface area (Å²) in [4.78, 5) is 12.4. The number of amides is 1. The first-order valence-corrected chi connectivity index (χ1v) is 12.3. The van der Waals surface area contributed by atoms with Crippen LogP contribution in [0.5, 0.6) is 11.5 Å². The second-order valence-electron chi connectivity index (χ2n) is 7.51. The van der Waals surface area contributed by atoms with Crippen LogP contribution < -0.4 is 19.1 Å². The molecule has 3 aromatic carbocycles. The van der Waals surface area contributed by atoms with E-state index in [2.05, 4.69) is 5.32 Å². The van der Waals surface area contributed by atoms with Gasteiger partial charge in [-0.3, -0.25) is 9.10 Å². The number of nitrogens with zero attached hydrogens (tertiary/aromatic N) is 1. The lowest BCUT2D eigenvalue weighted by Gasteiger charge is -2.22. The van der Waals surface area contributed by atoms with Gasteiger partial charge in [-0.25, -0.2) is 8.42 Å². The highest BCUT2D eigenvalue weighted by Crippen LogP contribution is 2.40. The van der Waals surface area contributed by atoms with Gasteiger partial charge in [0.05, 0.1) is 30.6 Å². The highest BCUT2D eigenvalue weighted by atomic mass is 35.5. The summed E-state index contributed by atoms with van der Waals surface area (Å²) in [6.07, 6.45) is 3.42. The van der Waals surface area contributed by atoms with Crippen LogP contribution in [0.2, 0.25) is 5.02 Å². The standard InChI is InChI=1S/C25H23ClN2O5S/c1-32-22-15-17(11-12-24(29)27-20-9-5-4-8-19(20)26)16-23(25(22)33-2)34(30,31)28-14-13-18-7-3-6-10-21(18)28/h3-12,15-16H,13-14H2,1-2H3,(H,27,29). The second kappa shape index (κ2) is 9.79. The highest BCUT2D eigenvalue weighted by Gasteiger charge is 2.34. The van der Waals surface area contributed by atoms with E-state index in [-0.39, 0.29) is 16.4 Å². The van der Waals surface area contributed by atoms with E-state index < -0.39 is 15.9 Å². The Bertz CT molecular complexity index is 1370. The van der Waals surface area contributed by atoms with Gasteiger partial charge < -0.3 is 14.8 Å². The zero-order valence-electron chi connectivity index (χ0n) is 18.6. The molecule has 0 saturated carbocycles. The molecule has 7 nitrogen and oxygen atoms in total. The molecule has 1 N–H and O–H groups in total. The average molecular weight is 499 g/mol. The molecular formula is C25H23ClN2O5S. The summed E-state index contributed by atoms with van der Waals surface area (Å²) in [6, 6.07) is 17.3. The van der Waals surface area contributed by atoms with Gasteiger partial charge in [0.15, 0.2) is 11.5 Å². The fourth-order valence-corrected chi connectivity index (χ4v) is 5.72. The van der Waals surface area contributed by atoms with Crippen molar-refractivity contribution in [3.05, 3.63) is 82.9 Å². The van der Waals surface area contributed by atoms with Crippen LogP contribution in [0.4, 0.5) is 11.4 Å². The molecule has 1 heterocycles. The summed E-state index contributed by atoms with van der Waals surface area (Å²) >= 11 is 6.09. The van der Waals surface area contributed by atoms with Crippen molar-refractivity contribution in [3.8, 4) is 11.5 Å². The Morgan fingerprint density at radius 3 is 2.53 bits per heavy atom. The Morgan fingerprint density at radius 1 is 1.06 bits per heavy atom. The number of carbonyl (C=O) groups excluding carboxylic acids is 1. The minimum Gasteiger partial charge on any atom is -0.493 e. The molecule has 34 heavy (non-hydrogen) atoms. The zero-order valence-corrected chi connectivity index (χ0v) is 20.2. The third kappa shape index (κ3) is 4.60. The zero-order chi connectivity index (χ0) is 24.3. The smallest absolute Gasteiger partial charge is 0.268 e. The highest BCUT2D eigenvalue weighted by molar-refractivity contribution is 7.93. The summed E-state index contributed by atoms with van der Waals surface area (Å²) in [5, 5.41) is 3.10. The quantitative estimate of drug-likeness (QED) is 0.475. The maximum atomic E-state index is 13.7. The molecule has 4 rings (SSSR count). The number of ether oxygens (including phenoxy) is 2. The van der Waals surface area contributed by atoms with Gasteiger partial charge in [-0.1, -0.05) is 41.9 Å². The van der Waals surface area contributed by atoms with Gasteiger partial charge >= 0.3 is 0 Å². The lowest BCUT2D eigenvalue weighted by molar-refractivity contribution is -0.111. The van der Waals surface area contributed by atoms with E-state index in [9.17, 15) is 13.2 Å². The van der Waals surface area contributed by atoms with Gasteiger partial charge in [-0.05, 0) is 54.0 Å². The van der Waals surface area contributed by atoms with Gasteiger partial charge in [0.1, 0.15) is 4.90 Å². The Balaban J connectivity index is 1.69. The normalized spacial score (nSPS) is 13.1. The molecular weight excluding hydrogens is 476 g/mol. The predicted molar refractivity (Wildman–Crippen MR) is 133 cm³/mol. The molecule has 176 valence electrons. The average Bonchev–Trinajstić information content (AvgIpc) is 3.28. The number of nitrogens with one attached hydrogen (secondary N) is 1. The van der Waals surface area contributed by atoms with Crippen LogP contribution in [0.3, 0.4) is 0 Å². The molecule has 9 heteroatoms. The summed E-state index contributed by atoms with van der Waals surface area (Å²) in [5.74, 6) is -0.0764. The number of benzene rings is 3. The maximum Gasteiger partial charge on any atom is 0.268 e. The van der Waals surface area contributed by atoms with Gasteiger partial charge in [0.2, 0.25) is 5.91 Å². The van der Waals surface area contributed by atoms with E-state index in [0.29, 0.717) is 34.9 Å². The van der Waals surface area contributed by atoms with Crippen molar-refractivity contribution < 1.29 is 22.7 Å². The number of halogens is 1. The van der Waals surface area contributed by atoms with E-state index in [1.54, 1.807) is 42.5 Å². The summed E-state index contributed by atoms with van der Waals surface area (Å²) < 4.78 is 39.6. The summed E-state index contributed by atoms with van der Waals surface area (Å²) in [5.41, 5.74) is 2.54. The van der Waals surface area contributed by atoms with Crippen molar-refractivity contribution in [3.63, 3.8) is 0 Å². The van der Waals surface area contributed by atoms with Crippen LogP contribution in [0.1, 0.15) is 11.1 Å². The molecule has 0 radical (unpaired) electrons. The first-order valence-electron chi connectivity index (χ1n) is 10.5. The minimum absolute atomic E-state index is 0.0442. The van der Waals surface area contributed by atoms with Crippen LogP contribution in [0.15, 0.2) is 71.6 Å². The van der Waals surface area contributed by atoms with Crippen LogP contribution in [0.25, 0.3) is 6.08 Å². The molecule has 1 amide bonds. The minimum atomic E-state index is -3.97. The van der Waals surface area contributed by atoms with Crippen molar-refractivity contribution in [1.82, 2.24) is 0 Å². The van der Waals surface area contributed by atoms with E-state index in [4.69, 9.17) is 21.1 Å². The van der Waals surface area contributed by atoms with Gasteiger partial charge in [0, 0.05) is 12.6 Å². The molecule has 0 aliphatic carbocycles. The number of sulfonamides is 1. The molecule has 0 unspecified atom stereocenters. The number of anilines is 2. The lowest BCUT2D eigenvalue weighted by atomic mass is 10.2. The Morgan fingerprint density at radius 2 is 1.79 bits per heavy atom. The molecule has 0 fully saturated rings. The molecule has 0 saturated heterocycles. The van der Waals surface area contributed by atoms with E-state index in [1.807, 2.05) is 12.1 Å². The third-order valence-corrected chi connectivity index (χ3v) is 7.59. The van der Waals surface area contributed by atoms with E-state index in [0.717, 1.165) is 5.56 Å². The largest absolute Gasteiger partial charge is 0.493 e. The number of fused-ring (bicyclic) bond motifs is 1. The van der Waals surface area contributed by atoms with Crippen LogP contribution >= 0.6 is 11.6 Å². The molecule has 1 aliphatic rings. The number of hydrogen-bond acceptors (Lipinski definition) is 5. The number of hydrogen-bond donors (Lipinski definition) is 1. The van der Waals surface area contributed by atoms with E-state index in [1.165, 1.54) is 36.7 Å². The number of rotatable bonds is 7. The monoisotopic (exact) mass is 498 g/mol. The second-order valence-corrected chi connectivity index (χ2v) is 9.75. The predicted octanol–water partition coefficient (Wildman–Crippen LogP) is 4.76. The van der Waals surface area contributed by atoms with Crippen molar-refractivity contribution in [2.24, 2.45) is 0 Å². The lowest BCUT2D eigenvalue weighted by Crippen LogP contribution is -2.29. The van der Waals surface area contributed by atoms with E-state index >= 15 is 0 Å². The maximum absolute atomic E-state index is 13.7. The van der Waals surface area contributed by atoms with Gasteiger partial charge in [0.25, 0.3) is 10.0 Å². The van der Waals surface area contributed by atoms with Crippen molar-refractivity contribution in [2.75, 3.05) is 30.4 Å². The van der Waals surface area contributed by atoms with Gasteiger partial charge in [-0.2, -0.15) is 0 Å². The molecule has 0 aromatic heterocycles. The van der Waals surface area contributed by atoms with Crippen molar-refractivity contribution >= 4 is 45.0 Å². The Labute approximate surface area is 203 Å². The Kier molecular flexibility index (Phi) is 6.81. The fraction of sp³-hybridized carbons (Fsp3) is 0.160. The number of methoxy groups -OCH3 is 2. The topological polar surface area (TPSA) is 84.9 Å². The van der Waals surface area contributed by atoms with Crippen molar-refractivity contribution in [2.45, 2.75) is 11.3 Å². The SMILES string of the molecule is COc1cc(C=CC(=O)Nc2ccccc2Cl)cc(S(=O)(=O)N2CCc3ccccc32)c1OC. The molecule has 3 aromatic rings. The fourth-order valence-electron chi connectivity index (χ4n) is 3.82. The third-order valence-electron chi connectivity index (χ3n) is 5.44. The first-order chi connectivity index (χ1) is 16.3. The first kappa shape index (κ1) is 23.7. The summed E-state index contributed by atoms with van der Waals surface area (Å²) in [6.45, 7) is 0.327. The molecule has 0 bridgehead atoms. The summed E-state index contributed by atoms with van der Waals surface area (Å²) in [7, 11) is -1.15. The Hall–Kier alpha value is -3.49. The van der Waals surface area contributed by atoms with Crippen LogP contribution in [0, 0.1) is 0 Å². The van der Waals surface area contributed by atoms with Crippen LogP contribution in [-0.2, 0) is 21.2 Å². The molecule has 0 spiro atoms. The number of para-hydroxylation sites is 2. The van der Waals surface area contributed by atoms with Crippen molar-refractivity contribution in [1.29, 1.82) is 0 Å². The van der Waals surface area contributed by atoms with Crippen LogP contribution in [-0.4, -0.2) is 35.1 Å². The van der Waals surface area contributed by atoms with Gasteiger partial charge in [-0.15, -0.1) is 0 Å².